The molecule has 0 radical (unpaired) electrons. The molecule has 1 saturated heterocycles. The van der Waals surface area contributed by atoms with Crippen LogP contribution in [-0.4, -0.2) is 29.7 Å². The zero-order chi connectivity index (χ0) is 11.5. The molecule has 1 aromatic heterocycles. The number of nitrogens with one attached hydrogen (secondary N) is 1. The van der Waals surface area contributed by atoms with Crippen LogP contribution >= 0.6 is 15.9 Å². The smallest absolute Gasteiger partial charge is 0.293 e. The number of halogens is 1. The van der Waals surface area contributed by atoms with Gasteiger partial charge >= 0.3 is 0 Å². The van der Waals surface area contributed by atoms with Gasteiger partial charge in [-0.1, -0.05) is 0 Å². The number of hydrogen-bond acceptors (Lipinski definition) is 5. The van der Waals surface area contributed by atoms with Crippen LogP contribution in [0.4, 0.5) is 5.69 Å². The van der Waals surface area contributed by atoms with Crippen molar-refractivity contribution in [2.45, 2.75) is 6.04 Å². The first-order valence-electron chi connectivity index (χ1n) is 4.79. The Bertz CT molecular complexity index is 407. The van der Waals surface area contributed by atoms with Crippen LogP contribution in [0.3, 0.4) is 0 Å². The zero-order valence-corrected chi connectivity index (χ0v) is 9.94. The second-order valence-corrected chi connectivity index (χ2v) is 4.31. The normalized spacial score (nSPS) is 20.7. The first-order chi connectivity index (χ1) is 7.68. The molecule has 0 saturated carbocycles. The summed E-state index contributed by atoms with van der Waals surface area (Å²) in [5.41, 5.74) is 0.435. The van der Waals surface area contributed by atoms with Crippen LogP contribution in [0.15, 0.2) is 16.7 Å². The van der Waals surface area contributed by atoms with E-state index in [1.165, 1.54) is 6.07 Å². The van der Waals surface area contributed by atoms with Gasteiger partial charge in [-0.15, -0.1) is 0 Å². The molecular weight excluding hydrogens is 278 g/mol. The summed E-state index contributed by atoms with van der Waals surface area (Å²) in [6.07, 6.45) is 1.55. The molecule has 86 valence electrons. The molecule has 2 rings (SSSR count). The fourth-order valence-electron chi connectivity index (χ4n) is 1.59. The van der Waals surface area contributed by atoms with Gasteiger partial charge in [0.2, 0.25) is 0 Å². The lowest BCUT2D eigenvalue weighted by Crippen LogP contribution is -2.35. The van der Waals surface area contributed by atoms with Crippen molar-refractivity contribution >= 4 is 21.6 Å². The van der Waals surface area contributed by atoms with Gasteiger partial charge in [0.15, 0.2) is 0 Å². The number of ether oxygens (including phenoxy) is 1. The topological polar surface area (TPSA) is 77.3 Å². The minimum absolute atomic E-state index is 0.0115. The molecule has 1 unspecified atom stereocenters. The lowest BCUT2D eigenvalue weighted by atomic mass is 10.1. The Hall–Kier alpha value is -1.05. The lowest BCUT2D eigenvalue weighted by molar-refractivity contribution is -0.386. The highest BCUT2D eigenvalue weighted by Crippen LogP contribution is 2.27. The number of nitrogens with zero attached hydrogens (tertiary/aromatic N) is 2. The SMILES string of the molecule is O=[N+]([O-])c1cc(Br)cnc1C1COCCN1. The second kappa shape index (κ2) is 4.86. The van der Waals surface area contributed by atoms with Gasteiger partial charge in [0.25, 0.3) is 5.69 Å². The summed E-state index contributed by atoms with van der Waals surface area (Å²) in [5, 5.41) is 14.0. The standard InChI is InChI=1S/C9H10BrN3O3/c10-6-3-8(13(14)15)9(12-4-6)7-5-16-2-1-11-7/h3-4,7,11H,1-2,5H2. The van der Waals surface area contributed by atoms with Crippen LogP contribution in [0, 0.1) is 10.1 Å². The van der Waals surface area contributed by atoms with E-state index in [9.17, 15) is 10.1 Å². The van der Waals surface area contributed by atoms with Gasteiger partial charge in [-0.2, -0.15) is 0 Å². The van der Waals surface area contributed by atoms with E-state index in [1.54, 1.807) is 6.20 Å². The van der Waals surface area contributed by atoms with E-state index in [4.69, 9.17) is 4.74 Å². The van der Waals surface area contributed by atoms with Crippen molar-refractivity contribution in [2.75, 3.05) is 19.8 Å². The van der Waals surface area contributed by atoms with E-state index >= 15 is 0 Å². The van der Waals surface area contributed by atoms with Crippen molar-refractivity contribution in [1.29, 1.82) is 0 Å². The largest absolute Gasteiger partial charge is 0.378 e. The molecule has 0 aliphatic carbocycles. The van der Waals surface area contributed by atoms with Gasteiger partial charge in [-0.25, -0.2) is 0 Å². The van der Waals surface area contributed by atoms with E-state index < -0.39 is 4.92 Å². The molecule has 0 amide bonds. The maximum Gasteiger partial charge on any atom is 0.293 e. The average molecular weight is 288 g/mol. The maximum absolute atomic E-state index is 10.9. The Morgan fingerprint density at radius 1 is 1.69 bits per heavy atom. The van der Waals surface area contributed by atoms with Crippen molar-refractivity contribution in [1.82, 2.24) is 10.3 Å². The Morgan fingerprint density at radius 2 is 2.50 bits per heavy atom. The molecule has 1 atom stereocenters. The number of aromatic nitrogens is 1. The highest BCUT2D eigenvalue weighted by Gasteiger charge is 2.25. The Labute approximate surface area is 100 Å². The number of morpholine rings is 1. The summed E-state index contributed by atoms with van der Waals surface area (Å²) in [6.45, 7) is 1.72. The summed E-state index contributed by atoms with van der Waals surface area (Å²) >= 11 is 3.17. The molecule has 1 N–H and O–H groups in total. The minimum Gasteiger partial charge on any atom is -0.378 e. The fourth-order valence-corrected chi connectivity index (χ4v) is 1.91. The fraction of sp³-hybridized carbons (Fsp3) is 0.444. The van der Waals surface area contributed by atoms with Gasteiger partial charge < -0.3 is 10.1 Å². The summed E-state index contributed by atoms with van der Waals surface area (Å²) < 4.78 is 5.86. The van der Waals surface area contributed by atoms with Crippen LogP contribution in [0.2, 0.25) is 0 Å². The number of rotatable bonds is 2. The maximum atomic E-state index is 10.9. The third-order valence-corrected chi connectivity index (χ3v) is 2.75. The molecular formula is C9H10BrN3O3. The molecule has 0 bridgehead atoms. The predicted molar refractivity (Wildman–Crippen MR) is 60.2 cm³/mol. The Balaban J connectivity index is 2.34. The van der Waals surface area contributed by atoms with Gasteiger partial charge in [0.1, 0.15) is 5.69 Å². The molecule has 0 spiro atoms. The first-order valence-corrected chi connectivity index (χ1v) is 5.59. The van der Waals surface area contributed by atoms with Gasteiger partial charge in [0.05, 0.1) is 24.2 Å². The summed E-state index contributed by atoms with van der Waals surface area (Å²) in [4.78, 5) is 14.6. The quantitative estimate of drug-likeness (QED) is 0.657. The van der Waals surface area contributed by atoms with Gasteiger partial charge in [-0.05, 0) is 15.9 Å². The van der Waals surface area contributed by atoms with E-state index in [1.807, 2.05) is 0 Å². The van der Waals surface area contributed by atoms with Gasteiger partial charge in [0, 0.05) is 23.3 Å². The second-order valence-electron chi connectivity index (χ2n) is 3.40. The summed E-state index contributed by atoms with van der Waals surface area (Å²) in [7, 11) is 0. The third-order valence-electron chi connectivity index (χ3n) is 2.31. The summed E-state index contributed by atoms with van der Waals surface area (Å²) in [5.74, 6) is 0. The molecule has 6 nitrogen and oxygen atoms in total. The van der Waals surface area contributed by atoms with E-state index in [-0.39, 0.29) is 11.7 Å². The van der Waals surface area contributed by atoms with Crippen molar-refractivity contribution in [2.24, 2.45) is 0 Å². The van der Waals surface area contributed by atoms with E-state index in [0.29, 0.717) is 29.9 Å². The monoisotopic (exact) mass is 287 g/mol. The van der Waals surface area contributed by atoms with Crippen LogP contribution in [0.5, 0.6) is 0 Å². The molecule has 16 heavy (non-hydrogen) atoms. The summed E-state index contributed by atoms with van der Waals surface area (Å²) in [6, 6.07) is 1.25. The Morgan fingerprint density at radius 3 is 3.12 bits per heavy atom. The van der Waals surface area contributed by atoms with Crippen molar-refractivity contribution in [3.63, 3.8) is 0 Å². The van der Waals surface area contributed by atoms with Crippen molar-refractivity contribution in [3.8, 4) is 0 Å². The number of pyridine rings is 1. The zero-order valence-electron chi connectivity index (χ0n) is 8.35. The van der Waals surface area contributed by atoms with Crippen molar-refractivity contribution in [3.05, 3.63) is 32.5 Å². The molecule has 2 heterocycles. The van der Waals surface area contributed by atoms with E-state index in [2.05, 4.69) is 26.2 Å². The Kier molecular flexibility index (Phi) is 3.47. The third kappa shape index (κ3) is 2.37. The van der Waals surface area contributed by atoms with Crippen LogP contribution in [0.25, 0.3) is 0 Å². The van der Waals surface area contributed by atoms with Crippen LogP contribution in [-0.2, 0) is 4.74 Å². The average Bonchev–Trinajstić information content (AvgIpc) is 2.30. The van der Waals surface area contributed by atoms with Gasteiger partial charge in [-0.3, -0.25) is 15.1 Å². The molecule has 1 fully saturated rings. The molecule has 7 heteroatoms. The van der Waals surface area contributed by atoms with Crippen molar-refractivity contribution < 1.29 is 9.66 Å². The molecule has 1 aromatic rings. The molecule has 1 aliphatic heterocycles. The highest BCUT2D eigenvalue weighted by atomic mass is 79.9. The van der Waals surface area contributed by atoms with Crippen LogP contribution < -0.4 is 5.32 Å². The number of hydrogen-bond donors (Lipinski definition) is 1. The predicted octanol–water partition coefficient (Wildman–Crippen LogP) is 1.41. The minimum atomic E-state index is -0.427. The highest BCUT2D eigenvalue weighted by molar-refractivity contribution is 9.10. The number of nitro groups is 1. The van der Waals surface area contributed by atoms with Crippen LogP contribution in [0.1, 0.15) is 11.7 Å². The lowest BCUT2D eigenvalue weighted by Gasteiger charge is -2.22. The first kappa shape index (κ1) is 11.4. The van der Waals surface area contributed by atoms with E-state index in [0.717, 1.165) is 0 Å². The molecule has 1 aliphatic rings. The molecule has 0 aromatic carbocycles.